The molecule has 0 radical (unpaired) electrons. The van der Waals surface area contributed by atoms with E-state index in [0.717, 1.165) is 11.1 Å². The minimum atomic E-state index is -0.109. The molecule has 0 aliphatic heterocycles. The largest absolute Gasteiger partial charge is 0.355 e. The monoisotopic (exact) mass is 234 g/mol. The predicted octanol–water partition coefficient (Wildman–Crippen LogP) is 1.17. The Morgan fingerprint density at radius 1 is 1.00 bits per heavy atom. The zero-order valence-electron chi connectivity index (χ0n) is 10.5. The molecule has 2 amide bonds. The second kappa shape index (κ2) is 6.03. The summed E-state index contributed by atoms with van der Waals surface area (Å²) in [4.78, 5) is 22.4. The SMILES string of the molecule is CC(=O)NCCNC(=O)c1cc(C)cc(C)c1. The van der Waals surface area contributed by atoms with Gasteiger partial charge in [0, 0.05) is 25.6 Å². The first-order valence-corrected chi connectivity index (χ1v) is 5.60. The third-order valence-corrected chi connectivity index (χ3v) is 2.27. The fourth-order valence-corrected chi connectivity index (χ4v) is 1.62. The van der Waals surface area contributed by atoms with Gasteiger partial charge >= 0.3 is 0 Å². The van der Waals surface area contributed by atoms with Crippen LogP contribution in [-0.2, 0) is 4.79 Å². The zero-order chi connectivity index (χ0) is 12.8. The quantitative estimate of drug-likeness (QED) is 0.768. The van der Waals surface area contributed by atoms with Crippen LogP contribution in [0.2, 0.25) is 0 Å². The van der Waals surface area contributed by atoms with E-state index in [4.69, 9.17) is 0 Å². The maximum Gasteiger partial charge on any atom is 0.251 e. The number of hydrogen-bond donors (Lipinski definition) is 2. The van der Waals surface area contributed by atoms with Gasteiger partial charge in [-0.3, -0.25) is 9.59 Å². The highest BCUT2D eigenvalue weighted by molar-refractivity contribution is 5.94. The first-order valence-electron chi connectivity index (χ1n) is 5.60. The summed E-state index contributed by atoms with van der Waals surface area (Å²) in [5.41, 5.74) is 2.79. The molecule has 0 saturated heterocycles. The number of hydrogen-bond acceptors (Lipinski definition) is 2. The molecule has 1 aromatic rings. The third kappa shape index (κ3) is 4.68. The minimum absolute atomic E-state index is 0.0920. The molecule has 17 heavy (non-hydrogen) atoms. The number of rotatable bonds is 4. The Morgan fingerprint density at radius 3 is 2.06 bits per heavy atom. The van der Waals surface area contributed by atoms with Crippen molar-refractivity contribution in [1.82, 2.24) is 10.6 Å². The summed E-state index contributed by atoms with van der Waals surface area (Å²) in [5.74, 6) is -0.201. The number of carbonyl (C=O) groups is 2. The van der Waals surface area contributed by atoms with E-state index in [1.54, 1.807) is 0 Å². The lowest BCUT2D eigenvalue weighted by molar-refractivity contribution is -0.118. The van der Waals surface area contributed by atoms with Gasteiger partial charge in [0.1, 0.15) is 0 Å². The maximum absolute atomic E-state index is 11.8. The second-order valence-corrected chi connectivity index (χ2v) is 4.12. The molecule has 0 bridgehead atoms. The zero-order valence-corrected chi connectivity index (χ0v) is 10.5. The highest BCUT2D eigenvalue weighted by atomic mass is 16.2. The van der Waals surface area contributed by atoms with Gasteiger partial charge in [-0.15, -0.1) is 0 Å². The van der Waals surface area contributed by atoms with E-state index in [-0.39, 0.29) is 11.8 Å². The Kier molecular flexibility index (Phi) is 4.69. The van der Waals surface area contributed by atoms with Crippen LogP contribution in [0.5, 0.6) is 0 Å². The van der Waals surface area contributed by atoms with Crippen LogP contribution in [0.25, 0.3) is 0 Å². The molecule has 0 heterocycles. The number of amides is 2. The molecule has 0 aliphatic carbocycles. The van der Waals surface area contributed by atoms with E-state index < -0.39 is 0 Å². The van der Waals surface area contributed by atoms with Crippen LogP contribution in [0.15, 0.2) is 18.2 Å². The summed E-state index contributed by atoms with van der Waals surface area (Å²) in [6, 6.07) is 5.72. The van der Waals surface area contributed by atoms with E-state index in [1.165, 1.54) is 6.92 Å². The summed E-state index contributed by atoms with van der Waals surface area (Å²) >= 11 is 0. The molecule has 0 atom stereocenters. The molecule has 0 unspecified atom stereocenters. The van der Waals surface area contributed by atoms with E-state index in [1.807, 2.05) is 32.0 Å². The molecule has 0 spiro atoms. The van der Waals surface area contributed by atoms with E-state index >= 15 is 0 Å². The van der Waals surface area contributed by atoms with Gasteiger partial charge in [-0.2, -0.15) is 0 Å². The van der Waals surface area contributed by atoms with Gasteiger partial charge in [0.2, 0.25) is 5.91 Å². The van der Waals surface area contributed by atoms with E-state index in [9.17, 15) is 9.59 Å². The third-order valence-electron chi connectivity index (χ3n) is 2.27. The van der Waals surface area contributed by atoms with Gasteiger partial charge in [0.15, 0.2) is 0 Å². The molecule has 0 saturated carbocycles. The lowest BCUT2D eigenvalue weighted by Crippen LogP contribution is -2.33. The lowest BCUT2D eigenvalue weighted by Gasteiger charge is -2.07. The fraction of sp³-hybridized carbons (Fsp3) is 0.385. The minimum Gasteiger partial charge on any atom is -0.355 e. The van der Waals surface area contributed by atoms with Crippen molar-refractivity contribution in [2.75, 3.05) is 13.1 Å². The van der Waals surface area contributed by atoms with Gasteiger partial charge in [-0.25, -0.2) is 0 Å². The number of nitrogens with one attached hydrogen (secondary N) is 2. The Bertz CT molecular complexity index is 407. The topological polar surface area (TPSA) is 58.2 Å². The highest BCUT2D eigenvalue weighted by Crippen LogP contribution is 2.08. The molecular formula is C13H18N2O2. The number of benzene rings is 1. The van der Waals surface area contributed by atoms with Gasteiger partial charge in [0.05, 0.1) is 0 Å². The maximum atomic E-state index is 11.8. The van der Waals surface area contributed by atoms with Crippen molar-refractivity contribution >= 4 is 11.8 Å². The summed E-state index contributed by atoms with van der Waals surface area (Å²) in [6.45, 7) is 6.26. The van der Waals surface area contributed by atoms with Crippen LogP contribution in [-0.4, -0.2) is 24.9 Å². The lowest BCUT2D eigenvalue weighted by atomic mass is 10.1. The molecule has 0 aliphatic rings. The van der Waals surface area contributed by atoms with Crippen LogP contribution < -0.4 is 10.6 Å². The van der Waals surface area contributed by atoms with Crippen molar-refractivity contribution in [3.8, 4) is 0 Å². The predicted molar refractivity (Wildman–Crippen MR) is 66.9 cm³/mol. The normalized spacial score (nSPS) is 9.82. The first-order chi connectivity index (χ1) is 7.99. The summed E-state index contributed by atoms with van der Waals surface area (Å²) in [5, 5.41) is 5.38. The second-order valence-electron chi connectivity index (χ2n) is 4.12. The average Bonchev–Trinajstić information content (AvgIpc) is 2.22. The molecule has 2 N–H and O–H groups in total. The van der Waals surface area contributed by atoms with E-state index in [2.05, 4.69) is 10.6 Å². The van der Waals surface area contributed by atoms with Crippen LogP contribution in [0.4, 0.5) is 0 Å². The highest BCUT2D eigenvalue weighted by Gasteiger charge is 2.05. The Labute approximate surface area is 101 Å². The molecule has 4 heteroatoms. The van der Waals surface area contributed by atoms with Crippen LogP contribution >= 0.6 is 0 Å². The average molecular weight is 234 g/mol. The van der Waals surface area contributed by atoms with Crippen molar-refractivity contribution in [3.05, 3.63) is 34.9 Å². The molecule has 1 aromatic carbocycles. The van der Waals surface area contributed by atoms with Gasteiger partial charge in [-0.1, -0.05) is 17.2 Å². The Hall–Kier alpha value is -1.84. The van der Waals surface area contributed by atoms with Gasteiger partial charge in [0.25, 0.3) is 5.91 Å². The van der Waals surface area contributed by atoms with Crippen LogP contribution in [0.3, 0.4) is 0 Å². The Balaban J connectivity index is 2.49. The van der Waals surface area contributed by atoms with Crippen LogP contribution in [0, 0.1) is 13.8 Å². The summed E-state index contributed by atoms with van der Waals surface area (Å²) < 4.78 is 0. The smallest absolute Gasteiger partial charge is 0.251 e. The van der Waals surface area contributed by atoms with Crippen molar-refractivity contribution in [3.63, 3.8) is 0 Å². The van der Waals surface area contributed by atoms with Gasteiger partial charge in [-0.05, 0) is 26.0 Å². The summed E-state index contributed by atoms with van der Waals surface area (Å²) in [6.07, 6.45) is 0. The van der Waals surface area contributed by atoms with Crippen molar-refractivity contribution in [2.45, 2.75) is 20.8 Å². The number of carbonyl (C=O) groups excluding carboxylic acids is 2. The van der Waals surface area contributed by atoms with Crippen molar-refractivity contribution in [2.24, 2.45) is 0 Å². The van der Waals surface area contributed by atoms with Crippen molar-refractivity contribution in [1.29, 1.82) is 0 Å². The molecule has 4 nitrogen and oxygen atoms in total. The first kappa shape index (κ1) is 13.2. The number of aryl methyl sites for hydroxylation is 2. The molecule has 1 rings (SSSR count). The molecule has 0 aromatic heterocycles. The fourth-order valence-electron chi connectivity index (χ4n) is 1.62. The van der Waals surface area contributed by atoms with E-state index in [0.29, 0.717) is 18.7 Å². The molecule has 92 valence electrons. The standard InChI is InChI=1S/C13H18N2O2/c1-9-6-10(2)8-12(7-9)13(17)15-5-4-14-11(3)16/h6-8H,4-5H2,1-3H3,(H,14,16)(H,15,17). The van der Waals surface area contributed by atoms with Crippen LogP contribution in [0.1, 0.15) is 28.4 Å². The molecule has 0 fully saturated rings. The molecular weight excluding hydrogens is 216 g/mol. The van der Waals surface area contributed by atoms with Gasteiger partial charge < -0.3 is 10.6 Å². The van der Waals surface area contributed by atoms with Crippen molar-refractivity contribution < 1.29 is 9.59 Å². The Morgan fingerprint density at radius 2 is 1.53 bits per heavy atom. The summed E-state index contributed by atoms with van der Waals surface area (Å²) in [7, 11) is 0.